The van der Waals surface area contributed by atoms with Crippen molar-refractivity contribution in [2.75, 3.05) is 25.0 Å². The molecule has 4 rings (SSSR count). The standard InChI is InChI=1S/C28H34F5N5O3S/c1-16-8-5-7-11-38(16)25(40)21-22(42-24(37-21)23(39)36-15-26(2,3)41)18-14-35-20(12-19(18)28(31,32)33)34-13-17-9-4-6-10-27(17,29)30/h12,14,17,41H,1,4-11,13,15H2,2-3H3,(H,34,35)(H,36,39)/t17-/m0/s1. The molecule has 8 nitrogen and oxygen atoms in total. The Labute approximate surface area is 244 Å². The van der Waals surface area contributed by atoms with Gasteiger partial charge in [0.15, 0.2) is 5.01 Å². The second-order valence-electron chi connectivity index (χ2n) is 11.4. The van der Waals surface area contributed by atoms with Gasteiger partial charge in [0.2, 0.25) is 0 Å². The predicted molar refractivity (Wildman–Crippen MR) is 148 cm³/mol. The average Bonchev–Trinajstić information content (AvgIpc) is 3.35. The van der Waals surface area contributed by atoms with Gasteiger partial charge >= 0.3 is 6.18 Å². The van der Waals surface area contributed by atoms with Gasteiger partial charge in [-0.2, -0.15) is 13.2 Å². The lowest BCUT2D eigenvalue weighted by Gasteiger charge is -2.31. The number of hydrogen-bond acceptors (Lipinski definition) is 7. The molecule has 0 aromatic carbocycles. The molecule has 14 heteroatoms. The fraction of sp³-hybridized carbons (Fsp3) is 0.571. The molecule has 0 bridgehead atoms. The predicted octanol–water partition coefficient (Wildman–Crippen LogP) is 6.10. The van der Waals surface area contributed by atoms with Gasteiger partial charge in [0.25, 0.3) is 17.7 Å². The summed E-state index contributed by atoms with van der Waals surface area (Å²) in [6, 6.07) is 0.720. The van der Waals surface area contributed by atoms with Gasteiger partial charge in [-0.1, -0.05) is 13.0 Å². The van der Waals surface area contributed by atoms with Crippen molar-refractivity contribution in [3.05, 3.63) is 40.8 Å². The van der Waals surface area contributed by atoms with Gasteiger partial charge < -0.3 is 20.6 Å². The Kier molecular flexibility index (Phi) is 9.26. The van der Waals surface area contributed by atoms with E-state index in [0.717, 1.165) is 18.7 Å². The maximum atomic E-state index is 14.4. The minimum Gasteiger partial charge on any atom is -0.389 e. The summed E-state index contributed by atoms with van der Waals surface area (Å²) in [7, 11) is 0. The zero-order valence-electron chi connectivity index (χ0n) is 23.4. The van der Waals surface area contributed by atoms with Crippen LogP contribution >= 0.6 is 11.3 Å². The van der Waals surface area contributed by atoms with Crippen LogP contribution in [0.5, 0.6) is 0 Å². The number of rotatable bonds is 8. The Morgan fingerprint density at radius 2 is 1.95 bits per heavy atom. The largest absolute Gasteiger partial charge is 0.417 e. The molecule has 42 heavy (non-hydrogen) atoms. The zero-order chi connectivity index (χ0) is 30.9. The highest BCUT2D eigenvalue weighted by Crippen LogP contribution is 2.43. The number of halogens is 5. The van der Waals surface area contributed by atoms with Crippen molar-refractivity contribution in [1.29, 1.82) is 0 Å². The molecule has 1 aliphatic heterocycles. The minimum absolute atomic E-state index is 0.164. The molecule has 1 atom stereocenters. The molecule has 2 amide bonds. The average molecular weight is 616 g/mol. The highest BCUT2D eigenvalue weighted by molar-refractivity contribution is 7.17. The summed E-state index contributed by atoms with van der Waals surface area (Å²) >= 11 is 0.595. The molecule has 0 radical (unpaired) electrons. The number of piperidine rings is 1. The molecule has 0 spiro atoms. The number of carbonyl (C=O) groups excluding carboxylic acids is 2. The van der Waals surface area contributed by atoms with Crippen molar-refractivity contribution < 1.29 is 36.6 Å². The third-order valence-electron chi connectivity index (χ3n) is 7.32. The van der Waals surface area contributed by atoms with Crippen molar-refractivity contribution >= 4 is 29.0 Å². The first kappa shape index (κ1) is 31.8. The molecule has 3 heterocycles. The Hall–Kier alpha value is -3.13. The van der Waals surface area contributed by atoms with Crippen molar-refractivity contribution in [2.24, 2.45) is 5.92 Å². The number of aromatic nitrogens is 2. The summed E-state index contributed by atoms with van der Waals surface area (Å²) in [5.74, 6) is -5.65. The summed E-state index contributed by atoms with van der Waals surface area (Å²) in [5.41, 5.74) is -2.76. The van der Waals surface area contributed by atoms with E-state index in [0.29, 0.717) is 49.3 Å². The lowest BCUT2D eigenvalue weighted by molar-refractivity contribution is -0.137. The normalized spacial score (nSPS) is 19.5. The lowest BCUT2D eigenvalue weighted by atomic mass is 9.85. The quantitative estimate of drug-likeness (QED) is 0.310. The second kappa shape index (κ2) is 12.2. The topological polar surface area (TPSA) is 107 Å². The summed E-state index contributed by atoms with van der Waals surface area (Å²) < 4.78 is 71.7. The highest BCUT2D eigenvalue weighted by atomic mass is 32.1. The first-order valence-corrected chi connectivity index (χ1v) is 14.6. The number of carbonyl (C=O) groups is 2. The molecule has 1 saturated heterocycles. The van der Waals surface area contributed by atoms with E-state index in [1.807, 2.05) is 0 Å². The molecule has 2 aromatic rings. The maximum absolute atomic E-state index is 14.4. The van der Waals surface area contributed by atoms with Crippen LogP contribution in [0, 0.1) is 5.92 Å². The maximum Gasteiger partial charge on any atom is 0.417 e. The van der Waals surface area contributed by atoms with Gasteiger partial charge in [-0.25, -0.2) is 18.7 Å². The molecular formula is C28H34F5N5O3S. The third kappa shape index (κ3) is 7.44. The number of nitrogens with zero attached hydrogens (tertiary/aromatic N) is 3. The third-order valence-corrected chi connectivity index (χ3v) is 8.41. The van der Waals surface area contributed by atoms with E-state index >= 15 is 0 Å². The second-order valence-corrected chi connectivity index (χ2v) is 12.4. The van der Waals surface area contributed by atoms with Crippen LogP contribution in [0.2, 0.25) is 0 Å². The first-order chi connectivity index (χ1) is 19.6. The number of anilines is 1. The highest BCUT2D eigenvalue weighted by Gasteiger charge is 2.42. The Bertz CT molecular complexity index is 1340. The van der Waals surface area contributed by atoms with Gasteiger partial charge in [-0.05, 0) is 52.0 Å². The first-order valence-electron chi connectivity index (χ1n) is 13.8. The van der Waals surface area contributed by atoms with E-state index in [4.69, 9.17) is 0 Å². The van der Waals surface area contributed by atoms with Crippen LogP contribution in [0.15, 0.2) is 24.5 Å². The summed E-state index contributed by atoms with van der Waals surface area (Å²) in [6.45, 7) is 6.71. The fourth-order valence-corrected chi connectivity index (χ4v) is 5.99. The molecule has 1 aliphatic carbocycles. The number of allylic oxidation sites excluding steroid dienone is 1. The van der Waals surface area contributed by atoms with Gasteiger partial charge in [-0.3, -0.25) is 9.59 Å². The van der Waals surface area contributed by atoms with Gasteiger partial charge in [0.1, 0.15) is 11.5 Å². The number of likely N-dealkylation sites (tertiary alicyclic amines) is 1. The van der Waals surface area contributed by atoms with Crippen molar-refractivity contribution in [3.63, 3.8) is 0 Å². The monoisotopic (exact) mass is 615 g/mol. The summed E-state index contributed by atoms with van der Waals surface area (Å²) in [5, 5.41) is 14.8. The molecule has 0 unspecified atom stereocenters. The van der Waals surface area contributed by atoms with Crippen LogP contribution in [0.25, 0.3) is 10.4 Å². The summed E-state index contributed by atoms with van der Waals surface area (Å²) in [4.78, 5) is 35.8. The van der Waals surface area contributed by atoms with Gasteiger partial charge in [0, 0.05) is 49.4 Å². The van der Waals surface area contributed by atoms with E-state index in [-0.39, 0.29) is 47.3 Å². The van der Waals surface area contributed by atoms with Gasteiger partial charge in [-0.15, -0.1) is 11.3 Å². The minimum atomic E-state index is -4.91. The number of nitrogens with one attached hydrogen (secondary N) is 2. The number of hydrogen-bond donors (Lipinski definition) is 3. The van der Waals surface area contributed by atoms with Gasteiger partial charge in [0.05, 0.1) is 16.0 Å². The van der Waals surface area contributed by atoms with E-state index in [2.05, 4.69) is 27.2 Å². The van der Waals surface area contributed by atoms with Crippen LogP contribution < -0.4 is 10.6 Å². The number of pyridine rings is 1. The van der Waals surface area contributed by atoms with Crippen LogP contribution in [-0.2, 0) is 6.18 Å². The van der Waals surface area contributed by atoms with Crippen molar-refractivity contribution in [1.82, 2.24) is 20.2 Å². The van der Waals surface area contributed by atoms with Crippen molar-refractivity contribution in [3.8, 4) is 10.4 Å². The van der Waals surface area contributed by atoms with E-state index in [1.54, 1.807) is 0 Å². The van der Waals surface area contributed by atoms with Crippen LogP contribution in [0.4, 0.5) is 27.8 Å². The molecular weight excluding hydrogens is 581 g/mol. The van der Waals surface area contributed by atoms with E-state index in [9.17, 15) is 36.6 Å². The van der Waals surface area contributed by atoms with Crippen LogP contribution in [-0.4, -0.2) is 62.9 Å². The number of aliphatic hydroxyl groups is 1. The molecule has 2 aromatic heterocycles. The zero-order valence-corrected chi connectivity index (χ0v) is 24.2. The number of thiazole rings is 1. The lowest BCUT2D eigenvalue weighted by Crippen LogP contribution is -2.38. The molecule has 3 N–H and O–H groups in total. The fourth-order valence-electron chi connectivity index (χ4n) is 5.00. The number of amides is 2. The Morgan fingerprint density at radius 3 is 2.60 bits per heavy atom. The Morgan fingerprint density at radius 1 is 1.21 bits per heavy atom. The molecule has 230 valence electrons. The van der Waals surface area contributed by atoms with Crippen LogP contribution in [0.1, 0.15) is 84.6 Å². The SMILES string of the molecule is C=C1CCCCN1C(=O)c1nc(C(=O)NCC(C)(C)O)sc1-c1cnc(NC[C@@H]2CCCCC2(F)F)cc1C(F)(F)F. The Balaban J connectivity index is 1.72. The van der Waals surface area contributed by atoms with Crippen molar-refractivity contribution in [2.45, 2.75) is 76.5 Å². The van der Waals surface area contributed by atoms with Crippen LogP contribution in [0.3, 0.4) is 0 Å². The smallest absolute Gasteiger partial charge is 0.389 e. The molecule has 2 fully saturated rings. The van der Waals surface area contributed by atoms with E-state index < -0.39 is 46.6 Å². The summed E-state index contributed by atoms with van der Waals surface area (Å²) in [6.07, 6.45) is -1.01. The number of alkyl halides is 5. The molecule has 1 saturated carbocycles. The van der Waals surface area contributed by atoms with E-state index in [1.165, 1.54) is 18.7 Å². The molecule has 2 aliphatic rings.